The number of hydrogen-bond acceptors (Lipinski definition) is 5. The van der Waals surface area contributed by atoms with Crippen molar-refractivity contribution in [1.82, 2.24) is 14.8 Å². The number of carbonyl (C=O) groups is 1. The van der Waals surface area contributed by atoms with E-state index in [0.717, 1.165) is 46.1 Å². The highest BCUT2D eigenvalue weighted by atomic mass is 79.9. The van der Waals surface area contributed by atoms with Gasteiger partial charge in [-0.15, -0.1) is 21.5 Å². The Balaban J connectivity index is 1.69. The summed E-state index contributed by atoms with van der Waals surface area (Å²) >= 11 is 6.55. The monoisotopic (exact) mass is 464 g/mol. The largest absolute Gasteiger partial charge is 0.325 e. The molecule has 0 saturated heterocycles. The Morgan fingerprint density at radius 2 is 2.04 bits per heavy atom. The number of halogens is 1. The second kappa shape index (κ2) is 9.52. The molecule has 0 aliphatic rings. The molecule has 1 aromatic carbocycles. The SMILES string of the molecule is CCCn1c(SCC(=O)Nc2ccc(Br)cc2)nnc1-c1csc(CC)c1. The topological polar surface area (TPSA) is 59.8 Å². The molecule has 8 heteroatoms. The molecule has 0 saturated carbocycles. The summed E-state index contributed by atoms with van der Waals surface area (Å²) in [5.41, 5.74) is 1.88. The molecule has 27 heavy (non-hydrogen) atoms. The van der Waals surface area contributed by atoms with Crippen LogP contribution in [0.1, 0.15) is 25.1 Å². The van der Waals surface area contributed by atoms with Gasteiger partial charge in [-0.2, -0.15) is 0 Å². The van der Waals surface area contributed by atoms with Crippen LogP contribution in [0.25, 0.3) is 11.4 Å². The summed E-state index contributed by atoms with van der Waals surface area (Å²) in [6.07, 6.45) is 2.00. The van der Waals surface area contributed by atoms with Crippen LogP contribution in [0.5, 0.6) is 0 Å². The van der Waals surface area contributed by atoms with Crippen LogP contribution in [0.15, 0.2) is 45.3 Å². The number of aromatic nitrogens is 3. The molecule has 3 aromatic rings. The van der Waals surface area contributed by atoms with E-state index >= 15 is 0 Å². The molecule has 0 aliphatic carbocycles. The van der Waals surface area contributed by atoms with Crippen molar-refractivity contribution in [2.24, 2.45) is 0 Å². The molecule has 1 N–H and O–H groups in total. The van der Waals surface area contributed by atoms with Crippen molar-refractivity contribution >= 4 is 50.6 Å². The number of carbonyl (C=O) groups excluding carboxylic acids is 1. The van der Waals surface area contributed by atoms with Crippen molar-refractivity contribution < 1.29 is 4.79 Å². The standard InChI is InChI=1S/C19H21BrN4OS2/c1-3-9-24-18(13-10-16(4-2)26-11-13)22-23-19(24)27-12-17(25)21-15-7-5-14(20)6-8-15/h5-8,10-11H,3-4,9,12H2,1-2H3,(H,21,25). The molecule has 0 unspecified atom stereocenters. The summed E-state index contributed by atoms with van der Waals surface area (Å²) in [7, 11) is 0. The van der Waals surface area contributed by atoms with Crippen molar-refractivity contribution in [3.8, 4) is 11.4 Å². The first-order valence-electron chi connectivity index (χ1n) is 8.80. The molecule has 0 spiro atoms. The Kier molecular flexibility index (Phi) is 7.09. The van der Waals surface area contributed by atoms with Crippen LogP contribution in [-0.4, -0.2) is 26.4 Å². The van der Waals surface area contributed by atoms with Crippen LogP contribution in [0.4, 0.5) is 5.69 Å². The van der Waals surface area contributed by atoms with Crippen LogP contribution in [0, 0.1) is 0 Å². The van der Waals surface area contributed by atoms with Gasteiger partial charge in [-0.05, 0) is 43.2 Å². The van der Waals surface area contributed by atoms with Gasteiger partial charge >= 0.3 is 0 Å². The smallest absolute Gasteiger partial charge is 0.234 e. The lowest BCUT2D eigenvalue weighted by Gasteiger charge is -2.08. The first-order chi connectivity index (χ1) is 13.1. The number of rotatable bonds is 8. The molecule has 0 aliphatic heterocycles. The molecule has 0 bridgehead atoms. The van der Waals surface area contributed by atoms with Gasteiger partial charge in [-0.25, -0.2) is 0 Å². The van der Waals surface area contributed by atoms with Crippen molar-refractivity contribution in [2.75, 3.05) is 11.1 Å². The molecule has 1 amide bonds. The maximum atomic E-state index is 12.3. The molecule has 2 heterocycles. The predicted molar refractivity (Wildman–Crippen MR) is 116 cm³/mol. The van der Waals surface area contributed by atoms with Crippen molar-refractivity contribution in [3.05, 3.63) is 45.1 Å². The van der Waals surface area contributed by atoms with Crippen LogP contribution in [-0.2, 0) is 17.8 Å². The number of thiophene rings is 1. The average Bonchev–Trinajstić information content (AvgIpc) is 3.29. The van der Waals surface area contributed by atoms with Gasteiger partial charge in [0.2, 0.25) is 5.91 Å². The van der Waals surface area contributed by atoms with Gasteiger partial charge in [0, 0.05) is 32.5 Å². The van der Waals surface area contributed by atoms with Gasteiger partial charge in [-0.3, -0.25) is 4.79 Å². The summed E-state index contributed by atoms with van der Waals surface area (Å²) in [5.74, 6) is 1.12. The van der Waals surface area contributed by atoms with Gasteiger partial charge in [0.25, 0.3) is 0 Å². The van der Waals surface area contributed by atoms with Gasteiger partial charge in [-0.1, -0.05) is 41.5 Å². The Morgan fingerprint density at radius 3 is 2.70 bits per heavy atom. The Bertz CT molecular complexity index is 905. The third-order valence-corrected chi connectivity index (χ3v) is 6.46. The average molecular weight is 465 g/mol. The lowest BCUT2D eigenvalue weighted by Crippen LogP contribution is -2.14. The van der Waals surface area contributed by atoms with Crippen molar-refractivity contribution in [3.63, 3.8) is 0 Å². The van der Waals surface area contributed by atoms with Crippen molar-refractivity contribution in [2.45, 2.75) is 38.4 Å². The first-order valence-corrected chi connectivity index (χ1v) is 11.5. The summed E-state index contributed by atoms with van der Waals surface area (Å²) < 4.78 is 3.09. The van der Waals surface area contributed by atoms with E-state index in [1.54, 1.807) is 11.3 Å². The highest BCUT2D eigenvalue weighted by Gasteiger charge is 2.16. The molecular formula is C19H21BrN4OS2. The number of amides is 1. The lowest BCUT2D eigenvalue weighted by molar-refractivity contribution is -0.113. The molecule has 0 radical (unpaired) electrons. The summed E-state index contributed by atoms with van der Waals surface area (Å²) in [4.78, 5) is 13.6. The molecular weight excluding hydrogens is 444 g/mol. The zero-order valence-electron chi connectivity index (χ0n) is 15.2. The number of nitrogens with one attached hydrogen (secondary N) is 1. The van der Waals surface area contributed by atoms with E-state index in [9.17, 15) is 4.79 Å². The second-order valence-corrected chi connectivity index (χ2v) is 8.81. The Hall–Kier alpha value is -1.64. The number of anilines is 1. The number of nitrogens with zero attached hydrogens (tertiary/aromatic N) is 3. The van der Waals surface area contributed by atoms with E-state index in [4.69, 9.17) is 0 Å². The first kappa shape index (κ1) is 20.1. The maximum Gasteiger partial charge on any atom is 0.234 e. The minimum Gasteiger partial charge on any atom is -0.325 e. The van der Waals surface area contributed by atoms with Crippen LogP contribution in [0.3, 0.4) is 0 Å². The second-order valence-electron chi connectivity index (χ2n) is 5.96. The normalized spacial score (nSPS) is 10.9. The van der Waals surface area contributed by atoms with Crippen LogP contribution < -0.4 is 5.32 Å². The fraction of sp³-hybridized carbons (Fsp3) is 0.316. The van der Waals surface area contributed by atoms with Gasteiger partial charge in [0.15, 0.2) is 11.0 Å². The molecule has 142 valence electrons. The van der Waals surface area contributed by atoms with E-state index in [1.807, 2.05) is 24.3 Å². The number of thioether (sulfide) groups is 1. The third-order valence-electron chi connectivity index (χ3n) is 3.88. The molecule has 3 rings (SSSR count). The minimum absolute atomic E-state index is 0.0567. The molecule has 2 aromatic heterocycles. The van der Waals surface area contributed by atoms with E-state index in [1.165, 1.54) is 16.6 Å². The Labute approximate surface area is 175 Å². The Morgan fingerprint density at radius 1 is 1.26 bits per heavy atom. The van der Waals surface area contributed by atoms with Gasteiger partial charge in [0.1, 0.15) is 0 Å². The molecule has 0 fully saturated rings. The fourth-order valence-electron chi connectivity index (χ4n) is 2.58. The van der Waals surface area contributed by atoms with Gasteiger partial charge in [0.05, 0.1) is 5.75 Å². The highest BCUT2D eigenvalue weighted by Crippen LogP contribution is 2.28. The summed E-state index contributed by atoms with van der Waals surface area (Å²) in [6, 6.07) is 9.71. The predicted octanol–water partition coefficient (Wildman–Crippen LogP) is 5.47. The summed E-state index contributed by atoms with van der Waals surface area (Å²) in [5, 5.41) is 14.5. The number of hydrogen-bond donors (Lipinski definition) is 1. The zero-order chi connectivity index (χ0) is 19.2. The fourth-order valence-corrected chi connectivity index (χ4v) is 4.42. The van der Waals surface area contributed by atoms with Gasteiger partial charge < -0.3 is 9.88 Å². The van der Waals surface area contributed by atoms with E-state index in [-0.39, 0.29) is 5.91 Å². The maximum absolute atomic E-state index is 12.3. The summed E-state index contributed by atoms with van der Waals surface area (Å²) in [6.45, 7) is 5.11. The third kappa shape index (κ3) is 5.21. The van der Waals surface area contributed by atoms with Crippen molar-refractivity contribution in [1.29, 1.82) is 0 Å². The zero-order valence-corrected chi connectivity index (χ0v) is 18.5. The molecule has 5 nitrogen and oxygen atoms in total. The minimum atomic E-state index is -0.0567. The lowest BCUT2D eigenvalue weighted by atomic mass is 10.2. The number of benzene rings is 1. The molecule has 0 atom stereocenters. The number of aryl methyl sites for hydroxylation is 1. The van der Waals surface area contributed by atoms with E-state index in [0.29, 0.717) is 5.75 Å². The van der Waals surface area contributed by atoms with Crippen LogP contribution >= 0.6 is 39.0 Å². The quantitative estimate of drug-likeness (QED) is 0.448. The highest BCUT2D eigenvalue weighted by molar-refractivity contribution is 9.10. The van der Waals surface area contributed by atoms with Crippen LogP contribution in [0.2, 0.25) is 0 Å². The van der Waals surface area contributed by atoms with E-state index < -0.39 is 0 Å². The van der Waals surface area contributed by atoms with E-state index in [2.05, 4.69) is 61.3 Å².